The number of halogens is 2. The fraction of sp³-hybridized carbons (Fsp3) is 0.538. The van der Waals surface area contributed by atoms with Gasteiger partial charge in [-0.15, -0.1) is 0 Å². The van der Waals surface area contributed by atoms with E-state index in [4.69, 9.17) is 0 Å². The largest absolute Gasteiger partial charge is 0.372 e. The number of nitrogens with zero attached hydrogens (tertiary/aromatic N) is 1. The van der Waals surface area contributed by atoms with Crippen molar-refractivity contribution < 1.29 is 4.39 Å². The maximum Gasteiger partial charge on any atom is 0.146 e. The van der Waals surface area contributed by atoms with E-state index in [0.717, 1.165) is 24.1 Å². The average molecular weight is 301 g/mol. The second kappa shape index (κ2) is 5.83. The van der Waals surface area contributed by atoms with Gasteiger partial charge < -0.3 is 10.2 Å². The van der Waals surface area contributed by atoms with Gasteiger partial charge in [0.15, 0.2) is 0 Å². The van der Waals surface area contributed by atoms with Gasteiger partial charge in [0, 0.05) is 18.1 Å². The van der Waals surface area contributed by atoms with Gasteiger partial charge in [0.05, 0.1) is 5.69 Å². The molecular formula is C13H18BrFN2. The van der Waals surface area contributed by atoms with Gasteiger partial charge in [-0.1, -0.05) is 15.9 Å². The first kappa shape index (κ1) is 12.8. The predicted octanol–water partition coefficient (Wildman–Crippen LogP) is 3.02. The third kappa shape index (κ3) is 3.42. The Morgan fingerprint density at radius 2 is 2.12 bits per heavy atom. The molecular weight excluding hydrogens is 283 g/mol. The summed E-state index contributed by atoms with van der Waals surface area (Å²) in [4.78, 5) is 2.02. The van der Waals surface area contributed by atoms with Gasteiger partial charge in [0.2, 0.25) is 0 Å². The van der Waals surface area contributed by atoms with E-state index in [1.165, 1.54) is 18.9 Å². The standard InChI is InChI=1S/C13H18BrFN2/c1-17(9-10-4-6-16-7-5-10)13-8-11(14)2-3-12(13)15/h2-3,8,10,16H,4-7,9H2,1H3. The van der Waals surface area contributed by atoms with Crippen LogP contribution in [0.15, 0.2) is 22.7 Å². The highest BCUT2D eigenvalue weighted by molar-refractivity contribution is 9.10. The monoisotopic (exact) mass is 300 g/mol. The van der Waals surface area contributed by atoms with Gasteiger partial charge in [-0.2, -0.15) is 0 Å². The summed E-state index contributed by atoms with van der Waals surface area (Å²) in [5.41, 5.74) is 0.679. The van der Waals surface area contributed by atoms with Crippen molar-refractivity contribution in [2.24, 2.45) is 5.92 Å². The van der Waals surface area contributed by atoms with Gasteiger partial charge in [0.1, 0.15) is 5.82 Å². The van der Waals surface area contributed by atoms with Gasteiger partial charge in [-0.3, -0.25) is 0 Å². The fourth-order valence-corrected chi connectivity index (χ4v) is 2.68. The van der Waals surface area contributed by atoms with Crippen LogP contribution >= 0.6 is 15.9 Å². The summed E-state index contributed by atoms with van der Waals surface area (Å²) in [5.74, 6) is 0.518. The second-order valence-corrected chi connectivity index (χ2v) is 5.59. The zero-order valence-corrected chi connectivity index (χ0v) is 11.6. The lowest BCUT2D eigenvalue weighted by Crippen LogP contribution is -2.34. The molecule has 4 heteroatoms. The molecule has 0 radical (unpaired) electrons. The van der Waals surface area contributed by atoms with Crippen molar-refractivity contribution in [3.63, 3.8) is 0 Å². The van der Waals surface area contributed by atoms with Gasteiger partial charge in [-0.25, -0.2) is 4.39 Å². The molecule has 0 aromatic heterocycles. The van der Waals surface area contributed by atoms with Crippen molar-refractivity contribution in [3.8, 4) is 0 Å². The van der Waals surface area contributed by atoms with Crippen molar-refractivity contribution in [3.05, 3.63) is 28.5 Å². The molecule has 1 aromatic rings. The van der Waals surface area contributed by atoms with Crippen LogP contribution in [0.4, 0.5) is 10.1 Å². The summed E-state index contributed by atoms with van der Waals surface area (Å²) in [6, 6.07) is 5.09. The zero-order valence-electron chi connectivity index (χ0n) is 10.0. The third-order valence-electron chi connectivity index (χ3n) is 3.31. The van der Waals surface area contributed by atoms with Crippen LogP contribution < -0.4 is 10.2 Å². The van der Waals surface area contributed by atoms with E-state index in [2.05, 4.69) is 21.2 Å². The first-order chi connectivity index (χ1) is 8.16. The lowest BCUT2D eigenvalue weighted by atomic mass is 9.97. The van der Waals surface area contributed by atoms with Gasteiger partial charge >= 0.3 is 0 Å². The molecule has 17 heavy (non-hydrogen) atoms. The number of hydrogen-bond donors (Lipinski definition) is 1. The fourth-order valence-electron chi connectivity index (χ4n) is 2.33. The van der Waals surface area contributed by atoms with Gasteiger partial charge in [0.25, 0.3) is 0 Å². The molecule has 0 bridgehead atoms. The van der Waals surface area contributed by atoms with Crippen LogP contribution in [0.3, 0.4) is 0 Å². The van der Waals surface area contributed by atoms with Crippen molar-refractivity contribution >= 4 is 21.6 Å². The molecule has 0 spiro atoms. The molecule has 1 fully saturated rings. The summed E-state index contributed by atoms with van der Waals surface area (Å²) in [6.45, 7) is 3.09. The van der Waals surface area contributed by atoms with E-state index >= 15 is 0 Å². The Hall–Kier alpha value is -0.610. The van der Waals surface area contributed by atoms with E-state index in [0.29, 0.717) is 11.6 Å². The molecule has 1 aromatic carbocycles. The molecule has 2 rings (SSSR count). The SMILES string of the molecule is CN(CC1CCNCC1)c1cc(Br)ccc1F. The van der Waals surface area contributed by atoms with E-state index in [1.54, 1.807) is 6.07 Å². The molecule has 0 unspecified atom stereocenters. The highest BCUT2D eigenvalue weighted by Gasteiger charge is 2.17. The Bertz CT molecular complexity index is 378. The smallest absolute Gasteiger partial charge is 0.146 e. The maximum absolute atomic E-state index is 13.7. The minimum atomic E-state index is -0.148. The summed E-state index contributed by atoms with van der Waals surface area (Å²) in [5, 5.41) is 3.35. The van der Waals surface area contributed by atoms with E-state index < -0.39 is 0 Å². The minimum absolute atomic E-state index is 0.148. The van der Waals surface area contributed by atoms with Crippen molar-refractivity contribution in [1.29, 1.82) is 0 Å². The molecule has 1 heterocycles. The van der Waals surface area contributed by atoms with Crippen molar-refractivity contribution in [1.82, 2.24) is 5.32 Å². The number of benzene rings is 1. The first-order valence-electron chi connectivity index (χ1n) is 6.03. The molecule has 1 saturated heterocycles. The van der Waals surface area contributed by atoms with Crippen LogP contribution in [0.2, 0.25) is 0 Å². The third-order valence-corrected chi connectivity index (χ3v) is 3.80. The van der Waals surface area contributed by atoms with Crippen LogP contribution in [0.1, 0.15) is 12.8 Å². The molecule has 1 aliphatic rings. The molecule has 0 aliphatic carbocycles. The molecule has 94 valence electrons. The number of anilines is 1. The number of rotatable bonds is 3. The number of hydrogen-bond acceptors (Lipinski definition) is 2. The molecule has 2 nitrogen and oxygen atoms in total. The highest BCUT2D eigenvalue weighted by Crippen LogP contribution is 2.25. The van der Waals surface area contributed by atoms with Crippen LogP contribution in [-0.2, 0) is 0 Å². The summed E-state index contributed by atoms with van der Waals surface area (Å²) >= 11 is 3.39. The lowest BCUT2D eigenvalue weighted by Gasteiger charge is -2.29. The molecule has 0 atom stereocenters. The zero-order chi connectivity index (χ0) is 12.3. The Labute approximate surface area is 110 Å². The summed E-state index contributed by atoms with van der Waals surface area (Å²) in [7, 11) is 1.97. The predicted molar refractivity (Wildman–Crippen MR) is 73.0 cm³/mol. The van der Waals surface area contributed by atoms with E-state index in [-0.39, 0.29) is 5.82 Å². The first-order valence-corrected chi connectivity index (χ1v) is 6.83. The number of piperidine rings is 1. The molecule has 1 aliphatic heterocycles. The van der Waals surface area contributed by atoms with Crippen LogP contribution in [0.5, 0.6) is 0 Å². The minimum Gasteiger partial charge on any atom is -0.372 e. The Balaban J connectivity index is 2.02. The van der Waals surface area contributed by atoms with Crippen LogP contribution in [-0.4, -0.2) is 26.7 Å². The van der Waals surface area contributed by atoms with E-state index in [1.807, 2.05) is 18.0 Å². The van der Waals surface area contributed by atoms with E-state index in [9.17, 15) is 4.39 Å². The quantitative estimate of drug-likeness (QED) is 0.923. The second-order valence-electron chi connectivity index (χ2n) is 4.67. The van der Waals surface area contributed by atoms with Gasteiger partial charge in [-0.05, 0) is 50.0 Å². The topological polar surface area (TPSA) is 15.3 Å². The van der Waals surface area contributed by atoms with Crippen molar-refractivity contribution in [2.45, 2.75) is 12.8 Å². The van der Waals surface area contributed by atoms with Crippen molar-refractivity contribution in [2.75, 3.05) is 31.6 Å². The maximum atomic E-state index is 13.7. The Kier molecular flexibility index (Phi) is 4.40. The van der Waals surface area contributed by atoms with Crippen LogP contribution in [0.25, 0.3) is 0 Å². The number of nitrogens with one attached hydrogen (secondary N) is 1. The lowest BCUT2D eigenvalue weighted by molar-refractivity contribution is 0.377. The molecule has 0 saturated carbocycles. The normalized spacial score (nSPS) is 17.1. The molecule has 0 amide bonds. The summed E-state index contributed by atoms with van der Waals surface area (Å²) < 4.78 is 14.6. The molecule has 1 N–H and O–H groups in total. The Morgan fingerprint density at radius 1 is 1.41 bits per heavy atom. The Morgan fingerprint density at radius 3 is 2.82 bits per heavy atom. The average Bonchev–Trinajstić information content (AvgIpc) is 2.33. The van der Waals surface area contributed by atoms with Crippen LogP contribution in [0, 0.1) is 11.7 Å². The summed E-state index contributed by atoms with van der Waals surface area (Å²) in [6.07, 6.45) is 2.36. The highest BCUT2D eigenvalue weighted by atomic mass is 79.9.